The SMILES string of the molecule is O=C(c1cncc(Cl)c1)c1cccs1. The fraction of sp³-hybridized carbons (Fsp3) is 0. The minimum atomic E-state index is -0.0324. The summed E-state index contributed by atoms with van der Waals surface area (Å²) in [6.07, 6.45) is 3.03. The van der Waals surface area contributed by atoms with Crippen LogP contribution in [0.4, 0.5) is 0 Å². The molecule has 4 heteroatoms. The molecule has 0 spiro atoms. The summed E-state index contributed by atoms with van der Waals surface area (Å²) in [5.41, 5.74) is 0.528. The van der Waals surface area contributed by atoms with Crippen molar-refractivity contribution in [1.29, 1.82) is 0 Å². The van der Waals surface area contributed by atoms with E-state index in [-0.39, 0.29) is 5.78 Å². The van der Waals surface area contributed by atoms with Crippen LogP contribution in [-0.2, 0) is 0 Å². The summed E-state index contributed by atoms with van der Waals surface area (Å²) < 4.78 is 0. The Bertz CT molecular complexity index is 453. The largest absolute Gasteiger partial charge is 0.288 e. The second-order valence-electron chi connectivity index (χ2n) is 2.70. The topological polar surface area (TPSA) is 30.0 Å². The minimum Gasteiger partial charge on any atom is -0.288 e. The van der Waals surface area contributed by atoms with Gasteiger partial charge in [0.25, 0.3) is 0 Å². The number of ketones is 1. The van der Waals surface area contributed by atoms with E-state index in [0.29, 0.717) is 15.5 Å². The monoisotopic (exact) mass is 223 g/mol. The van der Waals surface area contributed by atoms with Crippen molar-refractivity contribution in [2.75, 3.05) is 0 Å². The average Bonchev–Trinajstić information content (AvgIpc) is 2.69. The Balaban J connectivity index is 2.37. The maximum Gasteiger partial charge on any atom is 0.204 e. The summed E-state index contributed by atoms with van der Waals surface area (Å²) in [6, 6.07) is 5.25. The van der Waals surface area contributed by atoms with Gasteiger partial charge in [-0.1, -0.05) is 17.7 Å². The van der Waals surface area contributed by atoms with Crippen LogP contribution >= 0.6 is 22.9 Å². The summed E-state index contributed by atoms with van der Waals surface area (Å²) in [5, 5.41) is 2.35. The van der Waals surface area contributed by atoms with Crippen molar-refractivity contribution in [2.24, 2.45) is 0 Å². The van der Waals surface area contributed by atoms with Gasteiger partial charge in [0.15, 0.2) is 0 Å². The molecule has 0 saturated carbocycles. The van der Waals surface area contributed by atoms with Gasteiger partial charge in [0, 0.05) is 18.0 Å². The number of hydrogen-bond donors (Lipinski definition) is 0. The van der Waals surface area contributed by atoms with Crippen molar-refractivity contribution in [3.63, 3.8) is 0 Å². The van der Waals surface area contributed by atoms with Crippen molar-refractivity contribution >= 4 is 28.7 Å². The van der Waals surface area contributed by atoms with Crippen LogP contribution in [0.2, 0.25) is 5.02 Å². The predicted molar refractivity (Wildman–Crippen MR) is 57.0 cm³/mol. The van der Waals surface area contributed by atoms with Crippen molar-refractivity contribution in [3.8, 4) is 0 Å². The van der Waals surface area contributed by atoms with Crippen molar-refractivity contribution in [3.05, 3.63) is 51.4 Å². The highest BCUT2D eigenvalue weighted by Gasteiger charge is 2.10. The van der Waals surface area contributed by atoms with E-state index < -0.39 is 0 Å². The Morgan fingerprint density at radius 1 is 1.43 bits per heavy atom. The molecule has 0 aliphatic heterocycles. The molecule has 0 aromatic carbocycles. The first-order valence-corrected chi connectivity index (χ1v) is 5.22. The molecule has 0 radical (unpaired) electrons. The third kappa shape index (κ3) is 1.84. The number of rotatable bonds is 2. The summed E-state index contributed by atoms with van der Waals surface area (Å²) in [7, 11) is 0. The third-order valence-corrected chi connectivity index (χ3v) is 2.79. The number of hydrogen-bond acceptors (Lipinski definition) is 3. The second-order valence-corrected chi connectivity index (χ2v) is 4.08. The standard InChI is InChI=1S/C10H6ClNOS/c11-8-4-7(5-12-6-8)10(13)9-2-1-3-14-9/h1-6H. The van der Waals surface area contributed by atoms with E-state index in [2.05, 4.69) is 4.98 Å². The summed E-state index contributed by atoms with van der Waals surface area (Å²) in [6.45, 7) is 0. The highest BCUT2D eigenvalue weighted by atomic mass is 35.5. The molecule has 0 atom stereocenters. The number of nitrogens with zero attached hydrogens (tertiary/aromatic N) is 1. The van der Waals surface area contributed by atoms with E-state index in [1.807, 2.05) is 11.4 Å². The first-order chi connectivity index (χ1) is 6.77. The van der Waals surface area contributed by atoms with Crippen molar-refractivity contribution < 1.29 is 4.79 Å². The molecule has 2 nitrogen and oxygen atoms in total. The number of aromatic nitrogens is 1. The molecule has 14 heavy (non-hydrogen) atoms. The minimum absolute atomic E-state index is 0.0324. The van der Waals surface area contributed by atoms with Gasteiger partial charge in [-0.15, -0.1) is 11.3 Å². The molecular weight excluding hydrogens is 218 g/mol. The molecule has 0 bridgehead atoms. The fourth-order valence-electron chi connectivity index (χ4n) is 1.09. The summed E-state index contributed by atoms with van der Waals surface area (Å²) >= 11 is 7.15. The normalized spacial score (nSPS) is 10.1. The maximum atomic E-state index is 11.8. The van der Waals surface area contributed by atoms with Crippen LogP contribution in [0.1, 0.15) is 15.2 Å². The van der Waals surface area contributed by atoms with Crippen LogP contribution in [-0.4, -0.2) is 10.8 Å². The molecular formula is C10H6ClNOS. The van der Waals surface area contributed by atoms with Gasteiger partial charge < -0.3 is 0 Å². The van der Waals surface area contributed by atoms with Gasteiger partial charge in [-0.25, -0.2) is 0 Å². The van der Waals surface area contributed by atoms with E-state index >= 15 is 0 Å². The molecule has 0 amide bonds. The lowest BCUT2D eigenvalue weighted by atomic mass is 10.2. The first-order valence-electron chi connectivity index (χ1n) is 3.96. The van der Waals surface area contributed by atoms with Gasteiger partial charge in [-0.3, -0.25) is 9.78 Å². The number of thiophene rings is 1. The molecule has 70 valence electrons. The molecule has 0 fully saturated rings. The fourth-order valence-corrected chi connectivity index (χ4v) is 1.95. The van der Waals surface area contributed by atoms with Crippen LogP contribution in [0.25, 0.3) is 0 Å². The Morgan fingerprint density at radius 2 is 2.29 bits per heavy atom. The number of carbonyl (C=O) groups is 1. The van der Waals surface area contributed by atoms with Gasteiger partial charge in [-0.05, 0) is 17.5 Å². The molecule has 2 aromatic heterocycles. The van der Waals surface area contributed by atoms with Crippen LogP contribution in [0.15, 0.2) is 36.0 Å². The Morgan fingerprint density at radius 3 is 2.93 bits per heavy atom. The van der Waals surface area contributed by atoms with Crippen LogP contribution < -0.4 is 0 Å². The van der Waals surface area contributed by atoms with Crippen LogP contribution in [0.3, 0.4) is 0 Å². The van der Waals surface area contributed by atoms with E-state index in [1.165, 1.54) is 23.7 Å². The van der Waals surface area contributed by atoms with Gasteiger partial charge in [0.1, 0.15) is 0 Å². The quantitative estimate of drug-likeness (QED) is 0.733. The zero-order valence-corrected chi connectivity index (χ0v) is 8.68. The summed E-state index contributed by atoms with van der Waals surface area (Å²) in [5.74, 6) is -0.0324. The van der Waals surface area contributed by atoms with Crippen LogP contribution in [0, 0.1) is 0 Å². The molecule has 2 aromatic rings. The molecule has 2 heterocycles. The predicted octanol–water partition coefficient (Wildman–Crippen LogP) is 3.03. The lowest BCUT2D eigenvalue weighted by Gasteiger charge is -1.97. The smallest absolute Gasteiger partial charge is 0.204 e. The maximum absolute atomic E-state index is 11.8. The van der Waals surface area contributed by atoms with Crippen LogP contribution in [0.5, 0.6) is 0 Å². The van der Waals surface area contributed by atoms with E-state index in [0.717, 1.165) is 0 Å². The Kier molecular flexibility index (Phi) is 2.61. The Labute approximate surface area is 90.2 Å². The third-order valence-electron chi connectivity index (χ3n) is 1.71. The number of carbonyl (C=O) groups excluding carboxylic acids is 1. The summed E-state index contributed by atoms with van der Waals surface area (Å²) in [4.78, 5) is 16.3. The molecule has 0 aliphatic carbocycles. The lowest BCUT2D eigenvalue weighted by Crippen LogP contribution is -1.98. The second kappa shape index (κ2) is 3.90. The van der Waals surface area contributed by atoms with E-state index in [9.17, 15) is 4.79 Å². The van der Waals surface area contributed by atoms with Gasteiger partial charge >= 0.3 is 0 Å². The zero-order chi connectivity index (χ0) is 9.97. The van der Waals surface area contributed by atoms with E-state index in [1.54, 1.807) is 12.1 Å². The van der Waals surface area contributed by atoms with Gasteiger partial charge in [0.05, 0.1) is 9.90 Å². The highest BCUT2D eigenvalue weighted by molar-refractivity contribution is 7.12. The van der Waals surface area contributed by atoms with Gasteiger partial charge in [-0.2, -0.15) is 0 Å². The molecule has 0 unspecified atom stereocenters. The molecule has 0 aliphatic rings. The molecule has 0 saturated heterocycles. The first kappa shape index (κ1) is 9.37. The zero-order valence-electron chi connectivity index (χ0n) is 7.11. The molecule has 2 rings (SSSR count). The lowest BCUT2D eigenvalue weighted by molar-refractivity contribution is 0.104. The highest BCUT2D eigenvalue weighted by Crippen LogP contribution is 2.16. The van der Waals surface area contributed by atoms with Crippen molar-refractivity contribution in [1.82, 2.24) is 4.98 Å². The average molecular weight is 224 g/mol. The Hall–Kier alpha value is -1.19. The van der Waals surface area contributed by atoms with Crippen molar-refractivity contribution in [2.45, 2.75) is 0 Å². The number of pyridine rings is 1. The van der Waals surface area contributed by atoms with Gasteiger partial charge in [0.2, 0.25) is 5.78 Å². The van der Waals surface area contributed by atoms with E-state index in [4.69, 9.17) is 11.6 Å². The molecule has 0 N–H and O–H groups in total. The number of halogens is 1.